The predicted molar refractivity (Wildman–Crippen MR) is 63.5 cm³/mol. The summed E-state index contributed by atoms with van der Waals surface area (Å²) in [5.74, 6) is -1.77. The van der Waals surface area contributed by atoms with Crippen molar-refractivity contribution in [3.8, 4) is 0 Å². The smallest absolute Gasteiger partial charge is 0.329 e. The monoisotopic (exact) mass is 268 g/mol. The second-order valence-corrected chi connectivity index (χ2v) is 4.13. The van der Waals surface area contributed by atoms with Gasteiger partial charge < -0.3 is 10.4 Å². The van der Waals surface area contributed by atoms with Gasteiger partial charge in [-0.15, -0.1) is 0 Å². The van der Waals surface area contributed by atoms with Crippen LogP contribution in [-0.4, -0.2) is 29.1 Å². The van der Waals surface area contributed by atoms with Gasteiger partial charge in [0.1, 0.15) is 6.04 Å². The summed E-state index contributed by atoms with van der Waals surface area (Å²) in [5, 5.41) is 11.2. The lowest BCUT2D eigenvalue weighted by atomic mass is 10.2. The van der Waals surface area contributed by atoms with Crippen LogP contribution < -0.4 is 10.2 Å². The van der Waals surface area contributed by atoms with E-state index in [1.54, 1.807) is 18.2 Å². The summed E-state index contributed by atoms with van der Waals surface area (Å²) in [6, 6.07) is 4.64. The number of urea groups is 1. The third kappa shape index (κ3) is 2.14. The van der Waals surface area contributed by atoms with Crippen LogP contribution in [0.15, 0.2) is 24.3 Å². The zero-order valence-corrected chi connectivity index (χ0v) is 9.85. The molecule has 94 valence electrons. The summed E-state index contributed by atoms with van der Waals surface area (Å²) in [6.07, 6.45) is -0.453. The number of carbonyl (C=O) groups excluding carboxylic acids is 2. The van der Waals surface area contributed by atoms with E-state index < -0.39 is 30.4 Å². The van der Waals surface area contributed by atoms with Crippen molar-refractivity contribution in [2.45, 2.75) is 12.5 Å². The number of benzene rings is 1. The number of hydrogen-bond donors (Lipinski definition) is 2. The molecule has 0 aliphatic carbocycles. The Kier molecular flexibility index (Phi) is 3.20. The summed E-state index contributed by atoms with van der Waals surface area (Å²) in [5.41, 5.74) is 0.245. The van der Waals surface area contributed by atoms with Crippen molar-refractivity contribution >= 4 is 35.2 Å². The molecule has 1 unspecified atom stereocenters. The van der Waals surface area contributed by atoms with Crippen LogP contribution in [0.1, 0.15) is 6.42 Å². The number of imide groups is 1. The Labute approximate surface area is 107 Å². The average Bonchev–Trinajstić information content (AvgIpc) is 2.55. The number of hydrogen-bond acceptors (Lipinski definition) is 3. The molecule has 0 bridgehead atoms. The molecule has 1 fully saturated rings. The molecular weight excluding hydrogens is 260 g/mol. The van der Waals surface area contributed by atoms with Crippen LogP contribution in [0.25, 0.3) is 0 Å². The summed E-state index contributed by atoms with van der Waals surface area (Å²) in [4.78, 5) is 35.0. The quantitative estimate of drug-likeness (QED) is 0.808. The van der Waals surface area contributed by atoms with Crippen molar-refractivity contribution in [2.24, 2.45) is 0 Å². The highest BCUT2D eigenvalue weighted by molar-refractivity contribution is 6.36. The molecule has 1 aliphatic rings. The van der Waals surface area contributed by atoms with E-state index in [0.717, 1.165) is 4.90 Å². The fraction of sp³-hybridized carbons (Fsp3) is 0.182. The normalized spacial score (nSPS) is 18.9. The fourth-order valence-corrected chi connectivity index (χ4v) is 1.93. The van der Waals surface area contributed by atoms with Gasteiger partial charge in [-0.3, -0.25) is 9.59 Å². The van der Waals surface area contributed by atoms with Gasteiger partial charge in [-0.05, 0) is 12.1 Å². The highest BCUT2D eigenvalue weighted by atomic mass is 35.5. The number of anilines is 1. The van der Waals surface area contributed by atoms with E-state index in [2.05, 4.69) is 5.32 Å². The lowest BCUT2D eigenvalue weighted by Gasteiger charge is -2.14. The lowest BCUT2D eigenvalue weighted by Crippen LogP contribution is -2.32. The first kappa shape index (κ1) is 12.4. The summed E-state index contributed by atoms with van der Waals surface area (Å²) >= 11 is 5.90. The molecule has 0 spiro atoms. The molecule has 1 heterocycles. The minimum Gasteiger partial charge on any atom is -0.481 e. The zero-order valence-electron chi connectivity index (χ0n) is 9.09. The van der Waals surface area contributed by atoms with E-state index in [9.17, 15) is 14.4 Å². The Morgan fingerprint density at radius 3 is 2.67 bits per heavy atom. The first-order valence-corrected chi connectivity index (χ1v) is 5.49. The van der Waals surface area contributed by atoms with Crippen molar-refractivity contribution in [2.75, 3.05) is 4.90 Å². The molecule has 7 heteroatoms. The van der Waals surface area contributed by atoms with Gasteiger partial charge in [0, 0.05) is 0 Å². The number of nitrogens with one attached hydrogen (secondary N) is 1. The van der Waals surface area contributed by atoms with Crippen molar-refractivity contribution in [1.82, 2.24) is 5.32 Å². The first-order chi connectivity index (χ1) is 8.50. The van der Waals surface area contributed by atoms with E-state index in [1.807, 2.05) is 0 Å². The van der Waals surface area contributed by atoms with Crippen LogP contribution in [-0.2, 0) is 9.59 Å². The molecule has 0 aromatic heterocycles. The third-order valence-corrected chi connectivity index (χ3v) is 2.81. The maximum atomic E-state index is 11.9. The van der Waals surface area contributed by atoms with Crippen LogP contribution >= 0.6 is 11.6 Å². The molecule has 1 saturated heterocycles. The minimum absolute atomic E-state index is 0.245. The van der Waals surface area contributed by atoms with Crippen molar-refractivity contribution in [1.29, 1.82) is 0 Å². The Hall–Kier alpha value is -2.08. The van der Waals surface area contributed by atoms with Crippen molar-refractivity contribution < 1.29 is 19.5 Å². The molecule has 1 atom stereocenters. The van der Waals surface area contributed by atoms with E-state index in [-0.39, 0.29) is 10.7 Å². The number of carbonyl (C=O) groups is 3. The van der Waals surface area contributed by atoms with Gasteiger partial charge in [-0.2, -0.15) is 0 Å². The number of para-hydroxylation sites is 1. The Bertz CT molecular complexity index is 532. The summed E-state index contributed by atoms with van der Waals surface area (Å²) in [7, 11) is 0. The standard InChI is InChI=1S/C11H9ClN2O4/c12-6-3-1-2-4-8(6)14-10(17)7(5-9(15)16)13-11(14)18/h1-4,7H,5H2,(H,13,18)(H,15,16). The molecule has 18 heavy (non-hydrogen) atoms. The van der Waals surface area contributed by atoms with Gasteiger partial charge >= 0.3 is 12.0 Å². The number of nitrogens with zero attached hydrogens (tertiary/aromatic N) is 1. The van der Waals surface area contributed by atoms with E-state index in [1.165, 1.54) is 6.07 Å². The van der Waals surface area contributed by atoms with E-state index >= 15 is 0 Å². The number of amides is 3. The fourth-order valence-electron chi connectivity index (χ4n) is 1.71. The molecule has 2 rings (SSSR count). The second-order valence-electron chi connectivity index (χ2n) is 3.72. The first-order valence-electron chi connectivity index (χ1n) is 5.11. The maximum absolute atomic E-state index is 11.9. The van der Waals surface area contributed by atoms with Crippen molar-refractivity contribution in [3.05, 3.63) is 29.3 Å². The highest BCUT2D eigenvalue weighted by Crippen LogP contribution is 2.28. The SMILES string of the molecule is O=C(O)CC1NC(=O)N(c2ccccc2Cl)C1=O. The largest absolute Gasteiger partial charge is 0.481 e. The molecule has 6 nitrogen and oxygen atoms in total. The molecule has 3 amide bonds. The summed E-state index contributed by atoms with van der Waals surface area (Å²) < 4.78 is 0. The molecule has 0 radical (unpaired) electrons. The van der Waals surface area contributed by atoms with Gasteiger partial charge in [0.25, 0.3) is 5.91 Å². The van der Waals surface area contributed by atoms with Gasteiger partial charge in [0.15, 0.2) is 0 Å². The number of carboxylic acid groups (broad SMARTS) is 1. The summed E-state index contributed by atoms with van der Waals surface area (Å²) in [6.45, 7) is 0. The van der Waals surface area contributed by atoms with Crippen LogP contribution in [0.3, 0.4) is 0 Å². The van der Waals surface area contributed by atoms with Gasteiger partial charge in [-0.1, -0.05) is 23.7 Å². The van der Waals surface area contributed by atoms with Gasteiger partial charge in [0.2, 0.25) is 0 Å². The van der Waals surface area contributed by atoms with Crippen LogP contribution in [0, 0.1) is 0 Å². The topological polar surface area (TPSA) is 86.7 Å². The Morgan fingerprint density at radius 1 is 1.39 bits per heavy atom. The highest BCUT2D eigenvalue weighted by Gasteiger charge is 2.40. The third-order valence-electron chi connectivity index (χ3n) is 2.49. The number of carboxylic acids is 1. The number of aliphatic carboxylic acids is 1. The predicted octanol–water partition coefficient (Wildman–Crippen LogP) is 1.24. The van der Waals surface area contributed by atoms with Gasteiger partial charge in [0.05, 0.1) is 17.1 Å². The van der Waals surface area contributed by atoms with Crippen LogP contribution in [0.5, 0.6) is 0 Å². The van der Waals surface area contributed by atoms with Crippen LogP contribution in [0.4, 0.5) is 10.5 Å². The molecule has 0 saturated carbocycles. The molecule has 2 N–H and O–H groups in total. The minimum atomic E-state index is -1.16. The zero-order chi connectivity index (χ0) is 13.3. The second kappa shape index (κ2) is 4.66. The number of halogens is 1. The maximum Gasteiger partial charge on any atom is 0.329 e. The van der Waals surface area contributed by atoms with Crippen LogP contribution in [0.2, 0.25) is 5.02 Å². The Balaban J connectivity index is 2.30. The molecule has 1 aromatic carbocycles. The molecule has 1 aromatic rings. The van der Waals surface area contributed by atoms with Gasteiger partial charge in [-0.25, -0.2) is 9.69 Å². The average molecular weight is 269 g/mol. The Morgan fingerprint density at radius 2 is 2.06 bits per heavy atom. The number of rotatable bonds is 3. The van der Waals surface area contributed by atoms with E-state index in [4.69, 9.17) is 16.7 Å². The molecular formula is C11H9ClN2O4. The lowest BCUT2D eigenvalue weighted by molar-refractivity contribution is -0.139. The van der Waals surface area contributed by atoms with Crippen molar-refractivity contribution in [3.63, 3.8) is 0 Å². The van der Waals surface area contributed by atoms with E-state index in [0.29, 0.717) is 0 Å². The molecule has 1 aliphatic heterocycles.